The summed E-state index contributed by atoms with van der Waals surface area (Å²) >= 11 is 0. The van der Waals surface area contributed by atoms with E-state index in [1.165, 1.54) is 0 Å². The first-order valence-corrected chi connectivity index (χ1v) is 9.91. The Balaban J connectivity index is 1.39. The van der Waals surface area contributed by atoms with Gasteiger partial charge in [0, 0.05) is 57.9 Å². The van der Waals surface area contributed by atoms with Crippen molar-refractivity contribution in [2.24, 2.45) is 0 Å². The molecule has 0 bridgehead atoms. The summed E-state index contributed by atoms with van der Waals surface area (Å²) in [4.78, 5) is 32.1. The van der Waals surface area contributed by atoms with Crippen LogP contribution in [0.1, 0.15) is 29.6 Å². The molecule has 2 aromatic heterocycles. The van der Waals surface area contributed by atoms with Crippen LogP contribution in [0.25, 0.3) is 0 Å². The topological polar surface area (TPSA) is 85.7 Å². The zero-order valence-electron chi connectivity index (χ0n) is 15.9. The summed E-state index contributed by atoms with van der Waals surface area (Å²) in [6.07, 6.45) is 7.51. The molecule has 2 saturated heterocycles. The zero-order chi connectivity index (χ0) is 19.3. The Morgan fingerprint density at radius 3 is 2.54 bits per heavy atom. The second-order valence-corrected chi connectivity index (χ2v) is 7.33. The number of hydrogen-bond donors (Lipinski definition) is 1. The lowest BCUT2D eigenvalue weighted by molar-refractivity contribution is 0.0766. The molecule has 4 rings (SSSR count). The maximum Gasteiger partial charge on any atom is 0.255 e. The second kappa shape index (κ2) is 8.52. The van der Waals surface area contributed by atoms with Gasteiger partial charge in [-0.2, -0.15) is 0 Å². The fourth-order valence-electron chi connectivity index (χ4n) is 3.82. The van der Waals surface area contributed by atoms with E-state index in [0.29, 0.717) is 37.7 Å². The Bertz CT molecular complexity index is 785. The molecule has 0 saturated carbocycles. The van der Waals surface area contributed by atoms with Gasteiger partial charge in [-0.1, -0.05) is 0 Å². The van der Waals surface area contributed by atoms with E-state index in [2.05, 4.69) is 24.8 Å². The first kappa shape index (κ1) is 18.6. The highest BCUT2D eigenvalue weighted by Gasteiger charge is 2.23. The van der Waals surface area contributed by atoms with Crippen LogP contribution in [0.4, 0.5) is 11.8 Å². The Labute approximate surface area is 164 Å². The summed E-state index contributed by atoms with van der Waals surface area (Å²) in [5, 5.41) is 9.84. The van der Waals surface area contributed by atoms with Crippen molar-refractivity contribution in [1.29, 1.82) is 0 Å². The van der Waals surface area contributed by atoms with Gasteiger partial charge in [0.2, 0.25) is 5.95 Å². The molecule has 0 unspecified atom stereocenters. The predicted octanol–water partition coefficient (Wildman–Crippen LogP) is 1.19. The SMILES string of the molecule is O=C(c1ccc(N2CCC[C@H](O)C2)nc1)N1CCCN(c2ncccn2)CC1. The van der Waals surface area contributed by atoms with Gasteiger partial charge in [-0.15, -0.1) is 0 Å². The van der Waals surface area contributed by atoms with Crippen LogP contribution in [0.5, 0.6) is 0 Å². The van der Waals surface area contributed by atoms with Crippen molar-refractivity contribution in [1.82, 2.24) is 19.9 Å². The summed E-state index contributed by atoms with van der Waals surface area (Å²) in [5.74, 6) is 1.54. The highest BCUT2D eigenvalue weighted by atomic mass is 16.3. The molecule has 0 aliphatic carbocycles. The summed E-state index contributed by atoms with van der Waals surface area (Å²) in [6.45, 7) is 4.39. The number of rotatable bonds is 3. The van der Waals surface area contributed by atoms with Crippen LogP contribution in [0, 0.1) is 0 Å². The third-order valence-electron chi connectivity index (χ3n) is 5.33. The number of aliphatic hydroxyl groups excluding tert-OH is 1. The summed E-state index contributed by atoms with van der Waals surface area (Å²) in [7, 11) is 0. The molecule has 0 spiro atoms. The number of carbonyl (C=O) groups is 1. The maximum absolute atomic E-state index is 12.9. The van der Waals surface area contributed by atoms with Gasteiger partial charge in [0.15, 0.2) is 0 Å². The van der Waals surface area contributed by atoms with Crippen LogP contribution < -0.4 is 9.80 Å². The fourth-order valence-corrected chi connectivity index (χ4v) is 3.82. The summed E-state index contributed by atoms with van der Waals surface area (Å²) in [5.41, 5.74) is 0.603. The maximum atomic E-state index is 12.9. The third kappa shape index (κ3) is 4.22. The summed E-state index contributed by atoms with van der Waals surface area (Å²) < 4.78 is 0. The molecule has 4 heterocycles. The molecule has 2 fully saturated rings. The molecule has 1 atom stereocenters. The van der Waals surface area contributed by atoms with Crippen LogP contribution >= 0.6 is 0 Å². The Kier molecular flexibility index (Phi) is 5.66. The number of aliphatic hydroxyl groups is 1. The minimum atomic E-state index is -0.300. The van der Waals surface area contributed by atoms with E-state index < -0.39 is 0 Å². The minimum Gasteiger partial charge on any atom is -0.391 e. The first-order valence-electron chi connectivity index (χ1n) is 9.91. The molecule has 1 amide bonds. The van der Waals surface area contributed by atoms with E-state index in [4.69, 9.17) is 0 Å². The van der Waals surface area contributed by atoms with Gasteiger partial charge in [0.1, 0.15) is 5.82 Å². The van der Waals surface area contributed by atoms with Crippen molar-refractivity contribution < 1.29 is 9.90 Å². The molecule has 2 aliphatic heterocycles. The van der Waals surface area contributed by atoms with Crippen molar-refractivity contribution >= 4 is 17.7 Å². The predicted molar refractivity (Wildman–Crippen MR) is 106 cm³/mol. The minimum absolute atomic E-state index is 0.00792. The Hall–Kier alpha value is -2.74. The summed E-state index contributed by atoms with van der Waals surface area (Å²) in [6, 6.07) is 5.53. The van der Waals surface area contributed by atoms with Gasteiger partial charge < -0.3 is 19.8 Å². The molecule has 0 radical (unpaired) electrons. The van der Waals surface area contributed by atoms with E-state index >= 15 is 0 Å². The standard InChI is InChI=1S/C20H26N6O2/c27-17-4-1-9-26(15-17)18-6-5-16(14-23-18)19(28)24-10-3-11-25(13-12-24)20-21-7-2-8-22-20/h2,5-8,14,17,27H,1,3-4,9-13,15H2/t17-/m0/s1. The number of anilines is 2. The third-order valence-corrected chi connectivity index (χ3v) is 5.33. The molecule has 8 heteroatoms. The number of pyridine rings is 1. The normalized spacial score (nSPS) is 20.8. The van der Waals surface area contributed by atoms with E-state index in [9.17, 15) is 9.90 Å². The second-order valence-electron chi connectivity index (χ2n) is 7.33. The molecule has 2 aromatic rings. The van der Waals surface area contributed by atoms with E-state index in [0.717, 1.165) is 38.2 Å². The van der Waals surface area contributed by atoms with Crippen molar-refractivity contribution in [3.63, 3.8) is 0 Å². The lowest BCUT2D eigenvalue weighted by atomic mass is 10.1. The molecular weight excluding hydrogens is 356 g/mol. The average Bonchev–Trinajstić information content (AvgIpc) is 3.00. The van der Waals surface area contributed by atoms with Crippen molar-refractivity contribution in [2.75, 3.05) is 49.1 Å². The number of aromatic nitrogens is 3. The molecular formula is C20H26N6O2. The number of piperidine rings is 1. The highest BCUT2D eigenvalue weighted by Crippen LogP contribution is 2.19. The largest absolute Gasteiger partial charge is 0.391 e. The highest BCUT2D eigenvalue weighted by molar-refractivity contribution is 5.94. The van der Waals surface area contributed by atoms with Crippen LogP contribution in [0.3, 0.4) is 0 Å². The van der Waals surface area contributed by atoms with Gasteiger partial charge in [-0.05, 0) is 37.5 Å². The van der Waals surface area contributed by atoms with Gasteiger partial charge in [-0.3, -0.25) is 4.79 Å². The van der Waals surface area contributed by atoms with E-state index in [1.807, 2.05) is 17.0 Å². The molecule has 28 heavy (non-hydrogen) atoms. The fraction of sp³-hybridized carbons (Fsp3) is 0.500. The lowest BCUT2D eigenvalue weighted by Gasteiger charge is -2.31. The smallest absolute Gasteiger partial charge is 0.255 e. The number of β-amino-alcohol motifs (C(OH)–C–C–N with tert-alkyl or cyclic N) is 1. The molecule has 148 valence electrons. The number of nitrogens with zero attached hydrogens (tertiary/aromatic N) is 6. The van der Waals surface area contributed by atoms with Crippen LogP contribution in [-0.4, -0.2) is 76.2 Å². The van der Waals surface area contributed by atoms with E-state index in [-0.39, 0.29) is 12.0 Å². The number of hydrogen-bond acceptors (Lipinski definition) is 7. The van der Waals surface area contributed by atoms with Gasteiger partial charge in [0.05, 0.1) is 11.7 Å². The van der Waals surface area contributed by atoms with Crippen molar-refractivity contribution in [3.8, 4) is 0 Å². The Morgan fingerprint density at radius 2 is 1.79 bits per heavy atom. The number of amides is 1. The first-order chi connectivity index (χ1) is 13.7. The van der Waals surface area contributed by atoms with Gasteiger partial charge in [-0.25, -0.2) is 15.0 Å². The number of carbonyl (C=O) groups excluding carboxylic acids is 1. The van der Waals surface area contributed by atoms with E-state index in [1.54, 1.807) is 24.7 Å². The van der Waals surface area contributed by atoms with Crippen LogP contribution in [0.15, 0.2) is 36.8 Å². The van der Waals surface area contributed by atoms with Gasteiger partial charge >= 0.3 is 0 Å². The van der Waals surface area contributed by atoms with Crippen molar-refractivity contribution in [3.05, 3.63) is 42.4 Å². The lowest BCUT2D eigenvalue weighted by Crippen LogP contribution is -2.39. The average molecular weight is 382 g/mol. The molecule has 0 aromatic carbocycles. The quantitative estimate of drug-likeness (QED) is 0.853. The van der Waals surface area contributed by atoms with Crippen LogP contribution in [-0.2, 0) is 0 Å². The van der Waals surface area contributed by atoms with Crippen LogP contribution in [0.2, 0.25) is 0 Å². The van der Waals surface area contributed by atoms with Gasteiger partial charge in [0.25, 0.3) is 5.91 Å². The molecule has 8 nitrogen and oxygen atoms in total. The van der Waals surface area contributed by atoms with Crippen molar-refractivity contribution in [2.45, 2.75) is 25.4 Å². The molecule has 1 N–H and O–H groups in total. The molecule has 2 aliphatic rings. The Morgan fingerprint density at radius 1 is 0.964 bits per heavy atom. The zero-order valence-corrected chi connectivity index (χ0v) is 15.9. The monoisotopic (exact) mass is 382 g/mol.